The van der Waals surface area contributed by atoms with Gasteiger partial charge in [-0.2, -0.15) is 6.07 Å². The minimum absolute atomic E-state index is 0. The average Bonchev–Trinajstić information content (AvgIpc) is 3.37. The zero-order valence-corrected chi connectivity index (χ0v) is 23.8. The third-order valence-corrected chi connectivity index (χ3v) is 9.89. The molecule has 1 radical (unpaired) electrons. The zero-order chi connectivity index (χ0) is 20.2. The molecule has 1 aliphatic carbocycles. The van der Waals surface area contributed by atoms with Crippen LogP contribution in [-0.4, -0.2) is 13.8 Å². The zero-order valence-electron chi connectivity index (χ0n) is 18.8. The van der Waals surface area contributed by atoms with E-state index in [-0.39, 0.29) is 51.0 Å². The van der Waals surface area contributed by atoms with Crippen molar-refractivity contribution in [2.75, 3.05) is 0 Å². The minimum Gasteiger partial charge on any atom is -1.00 e. The Balaban J connectivity index is 0.000000211. The number of nitrogens with zero attached hydrogens (tertiary/aromatic N) is 1. The van der Waals surface area contributed by atoms with Crippen LogP contribution in [0.15, 0.2) is 99.5 Å². The third-order valence-electron chi connectivity index (χ3n) is 6.34. The van der Waals surface area contributed by atoms with Gasteiger partial charge in [0, 0.05) is 11.3 Å². The van der Waals surface area contributed by atoms with Crippen LogP contribution in [-0.2, 0) is 26.2 Å². The number of allylic oxidation sites excluding steroid dienone is 4. The molecule has 0 fully saturated rings. The summed E-state index contributed by atoms with van der Waals surface area (Å²) in [7, 11) is -1.19. The van der Waals surface area contributed by atoms with Crippen LogP contribution < -0.4 is 24.8 Å². The molecule has 3 aliphatic rings. The summed E-state index contributed by atoms with van der Waals surface area (Å²) in [5, 5.41) is 5.96. The van der Waals surface area contributed by atoms with Crippen molar-refractivity contribution in [3.05, 3.63) is 100 Å². The molecule has 5 heteroatoms. The molecule has 0 spiro atoms. The summed E-state index contributed by atoms with van der Waals surface area (Å²) in [6.07, 6.45) is 5.57. The molecule has 2 heterocycles. The molecule has 0 N–H and O–H groups in total. The molecule has 0 saturated carbocycles. The summed E-state index contributed by atoms with van der Waals surface area (Å²) in [6.45, 7) is 9.23. The first-order chi connectivity index (χ1) is 14.0. The van der Waals surface area contributed by atoms with Crippen molar-refractivity contribution in [1.82, 2.24) is 0 Å². The van der Waals surface area contributed by atoms with Crippen LogP contribution in [0.25, 0.3) is 21.9 Å². The summed E-state index contributed by atoms with van der Waals surface area (Å²) in [4.78, 5) is 4.67. The summed E-state index contributed by atoms with van der Waals surface area (Å²) in [6, 6.07) is 21.6. The standard InChI is InChI=1S/C16H13.C11H13NSi.2ClH.Zr/c1-12-10-14-8-5-9-15(16(14)11-12)13-6-3-2-4-7-13;1-4-7-11-10-8(12-7)5-6-9(10)13(11,2)3;;;/h2-11H,1H3;5-6H,4H2,1-3H3;2*1H;/q-1;;;;+3/p-2. The molecule has 32 heavy (non-hydrogen) atoms. The van der Waals surface area contributed by atoms with Gasteiger partial charge >= 0.3 is 26.2 Å². The van der Waals surface area contributed by atoms with Crippen molar-refractivity contribution in [3.8, 4) is 11.1 Å². The van der Waals surface area contributed by atoms with E-state index in [2.05, 4.69) is 105 Å². The smallest absolute Gasteiger partial charge is 1.00 e. The molecule has 2 aliphatic heterocycles. The van der Waals surface area contributed by atoms with E-state index < -0.39 is 8.07 Å². The summed E-state index contributed by atoms with van der Waals surface area (Å²) in [5.41, 5.74) is 8.07. The van der Waals surface area contributed by atoms with E-state index in [1.54, 1.807) is 10.4 Å². The van der Waals surface area contributed by atoms with Crippen LogP contribution in [0, 0.1) is 6.92 Å². The Labute approximate surface area is 223 Å². The number of benzene rings is 2. The molecular formula is C27H26Cl2NSiZr. The van der Waals surface area contributed by atoms with Crippen LogP contribution in [0.2, 0.25) is 13.1 Å². The van der Waals surface area contributed by atoms with Gasteiger partial charge in [-0.1, -0.05) is 75.0 Å². The SMILES string of the molecule is CCC1=NC2=CC=C3C2=C1[Si]3(C)C.Cc1cc2c(-c3ccccc3)cccc2[cH-]1.[Cl-].[Cl-].[Zr+3]. The van der Waals surface area contributed by atoms with Crippen LogP contribution in [0.5, 0.6) is 0 Å². The predicted octanol–water partition coefficient (Wildman–Crippen LogP) is 1.31. The molecule has 0 aromatic heterocycles. The number of hydrogen-bond donors (Lipinski definition) is 0. The Kier molecular flexibility index (Phi) is 8.62. The van der Waals surface area contributed by atoms with Crippen molar-refractivity contribution in [1.29, 1.82) is 0 Å². The van der Waals surface area contributed by atoms with E-state index >= 15 is 0 Å². The first kappa shape index (κ1) is 26.9. The van der Waals surface area contributed by atoms with Gasteiger partial charge in [-0.3, -0.25) is 4.99 Å². The van der Waals surface area contributed by atoms with Gasteiger partial charge in [-0.15, -0.1) is 34.5 Å². The van der Waals surface area contributed by atoms with E-state index in [1.165, 1.54) is 44.4 Å². The summed E-state index contributed by atoms with van der Waals surface area (Å²) < 4.78 is 0. The molecule has 0 bridgehead atoms. The molecule has 161 valence electrons. The van der Waals surface area contributed by atoms with Gasteiger partial charge in [0.05, 0.1) is 5.70 Å². The Hall–Kier alpha value is -1.38. The number of aryl methyl sites for hydroxylation is 1. The second-order valence-corrected chi connectivity index (χ2v) is 12.9. The molecular weight excluding hydrogens is 529 g/mol. The fourth-order valence-electron chi connectivity index (χ4n) is 4.94. The maximum atomic E-state index is 4.67. The third kappa shape index (κ3) is 4.26. The normalized spacial score (nSPS) is 16.2. The number of rotatable bonds is 2. The molecule has 0 unspecified atom stereocenters. The molecule has 3 aromatic carbocycles. The molecule has 6 rings (SSSR count). The molecule has 1 nitrogen and oxygen atoms in total. The van der Waals surface area contributed by atoms with Gasteiger partial charge in [0.1, 0.15) is 8.07 Å². The number of hydrogen-bond acceptors (Lipinski definition) is 1. The second kappa shape index (κ2) is 10.3. The topological polar surface area (TPSA) is 12.4 Å². The van der Waals surface area contributed by atoms with E-state index in [9.17, 15) is 0 Å². The van der Waals surface area contributed by atoms with E-state index in [4.69, 9.17) is 0 Å². The second-order valence-electron chi connectivity index (χ2n) is 8.63. The predicted molar refractivity (Wildman–Crippen MR) is 128 cm³/mol. The molecule has 0 atom stereocenters. The maximum Gasteiger partial charge on any atom is 3.00 e. The summed E-state index contributed by atoms with van der Waals surface area (Å²) >= 11 is 0. The van der Waals surface area contributed by atoms with E-state index in [0.29, 0.717) is 0 Å². The fraction of sp³-hybridized carbons (Fsp3) is 0.185. The molecule has 0 amide bonds. The van der Waals surface area contributed by atoms with Gasteiger partial charge in [0.25, 0.3) is 0 Å². The Morgan fingerprint density at radius 3 is 2.34 bits per heavy atom. The van der Waals surface area contributed by atoms with Gasteiger partial charge < -0.3 is 24.8 Å². The van der Waals surface area contributed by atoms with Crippen molar-refractivity contribution in [3.63, 3.8) is 0 Å². The fourth-order valence-corrected chi connectivity index (χ4v) is 8.25. The van der Waals surface area contributed by atoms with Gasteiger partial charge in [0.2, 0.25) is 0 Å². The van der Waals surface area contributed by atoms with Crippen LogP contribution in [0.3, 0.4) is 0 Å². The van der Waals surface area contributed by atoms with Crippen molar-refractivity contribution >= 4 is 24.6 Å². The Morgan fingerprint density at radius 1 is 0.938 bits per heavy atom. The number of fused-ring (bicyclic) bond motifs is 1. The number of aliphatic imine (C=N–C) groups is 1. The molecule has 0 saturated heterocycles. The van der Waals surface area contributed by atoms with Crippen molar-refractivity contribution < 1.29 is 51.0 Å². The summed E-state index contributed by atoms with van der Waals surface area (Å²) in [5.74, 6) is 0. The van der Waals surface area contributed by atoms with Gasteiger partial charge in [-0.05, 0) is 28.5 Å². The van der Waals surface area contributed by atoms with Crippen LogP contribution in [0.1, 0.15) is 18.9 Å². The van der Waals surface area contributed by atoms with Gasteiger partial charge in [-0.25, -0.2) is 0 Å². The number of halogens is 2. The van der Waals surface area contributed by atoms with Crippen LogP contribution >= 0.6 is 0 Å². The van der Waals surface area contributed by atoms with Crippen molar-refractivity contribution in [2.24, 2.45) is 4.99 Å². The Morgan fingerprint density at radius 2 is 1.66 bits per heavy atom. The van der Waals surface area contributed by atoms with Gasteiger partial charge in [0.15, 0.2) is 0 Å². The first-order valence-electron chi connectivity index (χ1n) is 10.5. The largest absolute Gasteiger partial charge is 3.00 e. The monoisotopic (exact) mass is 552 g/mol. The Bertz CT molecular complexity index is 1260. The first-order valence-corrected chi connectivity index (χ1v) is 13.5. The van der Waals surface area contributed by atoms with E-state index in [1.807, 2.05) is 0 Å². The van der Waals surface area contributed by atoms with Crippen LogP contribution in [0.4, 0.5) is 0 Å². The maximum absolute atomic E-state index is 4.67. The van der Waals surface area contributed by atoms with E-state index in [0.717, 1.165) is 6.42 Å². The average molecular weight is 555 g/mol. The van der Waals surface area contributed by atoms with Crippen molar-refractivity contribution in [2.45, 2.75) is 33.4 Å². The quantitative estimate of drug-likeness (QED) is 0.335. The molecule has 3 aromatic rings. The minimum atomic E-state index is -1.19.